The fraction of sp³-hybridized carbons (Fsp3) is 0.308. The van der Waals surface area contributed by atoms with E-state index in [4.69, 9.17) is 0 Å². The molecular formula is C13H16N4. The average molecular weight is 228 g/mol. The van der Waals surface area contributed by atoms with Crippen molar-refractivity contribution in [3.63, 3.8) is 0 Å². The van der Waals surface area contributed by atoms with Crippen molar-refractivity contribution in [3.05, 3.63) is 47.7 Å². The van der Waals surface area contributed by atoms with Gasteiger partial charge in [0.05, 0.1) is 0 Å². The molecule has 2 heterocycles. The first-order chi connectivity index (χ1) is 8.24. The quantitative estimate of drug-likeness (QED) is 0.871. The molecule has 0 aliphatic carbocycles. The maximum Gasteiger partial charge on any atom is 0.129 e. The molecule has 0 fully saturated rings. The van der Waals surface area contributed by atoms with Gasteiger partial charge in [-0.05, 0) is 31.9 Å². The molecule has 0 spiro atoms. The summed E-state index contributed by atoms with van der Waals surface area (Å²) in [6.45, 7) is 4.72. The normalized spacial score (nSPS) is 10.2. The lowest BCUT2D eigenvalue weighted by molar-refractivity contribution is 0.961. The van der Waals surface area contributed by atoms with Crippen molar-refractivity contribution in [1.29, 1.82) is 0 Å². The van der Waals surface area contributed by atoms with Gasteiger partial charge >= 0.3 is 0 Å². The van der Waals surface area contributed by atoms with Crippen LogP contribution in [0.5, 0.6) is 0 Å². The molecule has 0 radical (unpaired) electrons. The number of nitrogens with zero attached hydrogens (tertiary/aromatic N) is 3. The number of pyridine rings is 1. The summed E-state index contributed by atoms with van der Waals surface area (Å²) in [4.78, 5) is 12.7. The predicted molar refractivity (Wildman–Crippen MR) is 67.9 cm³/mol. The van der Waals surface area contributed by atoms with Crippen molar-refractivity contribution in [2.75, 3.05) is 11.9 Å². The summed E-state index contributed by atoms with van der Waals surface area (Å²) >= 11 is 0. The van der Waals surface area contributed by atoms with E-state index in [1.54, 1.807) is 6.20 Å². The van der Waals surface area contributed by atoms with Crippen LogP contribution in [-0.2, 0) is 6.42 Å². The van der Waals surface area contributed by atoms with E-state index in [2.05, 4.69) is 26.3 Å². The zero-order chi connectivity index (χ0) is 12.1. The average Bonchev–Trinajstić information content (AvgIpc) is 2.29. The molecule has 2 aromatic heterocycles. The Labute approximate surface area is 101 Å². The van der Waals surface area contributed by atoms with Crippen molar-refractivity contribution in [2.24, 2.45) is 0 Å². The molecule has 4 heteroatoms. The smallest absolute Gasteiger partial charge is 0.129 e. The number of hydrogen-bond acceptors (Lipinski definition) is 4. The molecule has 2 aromatic rings. The highest BCUT2D eigenvalue weighted by atomic mass is 15.0. The van der Waals surface area contributed by atoms with E-state index in [1.165, 1.54) is 5.56 Å². The first-order valence-electron chi connectivity index (χ1n) is 5.69. The molecule has 0 atom stereocenters. The Bertz CT molecular complexity index is 462. The van der Waals surface area contributed by atoms with Crippen molar-refractivity contribution in [1.82, 2.24) is 15.0 Å². The van der Waals surface area contributed by atoms with Crippen LogP contribution < -0.4 is 5.32 Å². The first-order valence-corrected chi connectivity index (χ1v) is 5.69. The summed E-state index contributed by atoms with van der Waals surface area (Å²) in [5.41, 5.74) is 2.21. The van der Waals surface area contributed by atoms with Gasteiger partial charge in [-0.3, -0.25) is 4.98 Å². The number of hydrogen-bond donors (Lipinski definition) is 1. The van der Waals surface area contributed by atoms with Gasteiger partial charge in [0.2, 0.25) is 0 Å². The zero-order valence-corrected chi connectivity index (χ0v) is 10.1. The third-order valence-electron chi connectivity index (χ3n) is 2.41. The minimum atomic E-state index is 0.800. The molecule has 0 bridgehead atoms. The first kappa shape index (κ1) is 11.5. The number of aromatic nitrogens is 3. The van der Waals surface area contributed by atoms with Crippen LogP contribution in [0.15, 0.2) is 30.6 Å². The van der Waals surface area contributed by atoms with Gasteiger partial charge in [-0.25, -0.2) is 9.97 Å². The number of nitrogens with one attached hydrogen (secondary N) is 1. The van der Waals surface area contributed by atoms with Crippen molar-refractivity contribution in [2.45, 2.75) is 20.3 Å². The third-order valence-corrected chi connectivity index (χ3v) is 2.41. The van der Waals surface area contributed by atoms with Gasteiger partial charge in [0.1, 0.15) is 11.6 Å². The lowest BCUT2D eigenvalue weighted by Crippen LogP contribution is -2.08. The lowest BCUT2D eigenvalue weighted by Gasteiger charge is -2.06. The Balaban J connectivity index is 1.90. The number of aryl methyl sites for hydroxylation is 2. The lowest BCUT2D eigenvalue weighted by atomic mass is 10.2. The molecule has 0 aliphatic heterocycles. The van der Waals surface area contributed by atoms with Crippen LogP contribution in [-0.4, -0.2) is 21.5 Å². The highest BCUT2D eigenvalue weighted by Gasteiger charge is 1.98. The van der Waals surface area contributed by atoms with Gasteiger partial charge in [0, 0.05) is 30.7 Å². The standard InChI is InChI=1S/C13H16N4/c1-10-8-13(17-11(2)16-10)15-7-5-12-4-3-6-14-9-12/h3-4,6,8-9H,5,7H2,1-2H3,(H,15,16,17). The van der Waals surface area contributed by atoms with Crippen LogP contribution in [0.25, 0.3) is 0 Å². The fourth-order valence-corrected chi connectivity index (χ4v) is 1.69. The molecule has 88 valence electrons. The van der Waals surface area contributed by atoms with Crippen LogP contribution in [0.3, 0.4) is 0 Å². The van der Waals surface area contributed by atoms with E-state index in [0.29, 0.717) is 0 Å². The maximum absolute atomic E-state index is 4.33. The van der Waals surface area contributed by atoms with E-state index in [9.17, 15) is 0 Å². The highest BCUT2D eigenvalue weighted by Crippen LogP contribution is 2.06. The Hall–Kier alpha value is -1.97. The Morgan fingerprint density at radius 2 is 2.12 bits per heavy atom. The maximum atomic E-state index is 4.33. The van der Waals surface area contributed by atoms with E-state index >= 15 is 0 Å². The second kappa shape index (κ2) is 5.39. The second-order valence-corrected chi connectivity index (χ2v) is 3.98. The molecule has 0 saturated carbocycles. The van der Waals surface area contributed by atoms with Crippen LogP contribution in [0.1, 0.15) is 17.1 Å². The largest absolute Gasteiger partial charge is 0.370 e. The summed E-state index contributed by atoms with van der Waals surface area (Å²) in [6.07, 6.45) is 4.61. The van der Waals surface area contributed by atoms with E-state index in [-0.39, 0.29) is 0 Å². The number of anilines is 1. The molecule has 2 rings (SSSR count). The van der Waals surface area contributed by atoms with E-state index < -0.39 is 0 Å². The molecule has 0 aliphatic rings. The third kappa shape index (κ3) is 3.52. The molecule has 1 N–H and O–H groups in total. The Kier molecular flexibility index (Phi) is 3.65. The van der Waals surface area contributed by atoms with Gasteiger partial charge in [-0.1, -0.05) is 6.07 Å². The van der Waals surface area contributed by atoms with Gasteiger partial charge in [0.25, 0.3) is 0 Å². The highest BCUT2D eigenvalue weighted by molar-refractivity contribution is 5.35. The zero-order valence-electron chi connectivity index (χ0n) is 10.1. The molecule has 0 aromatic carbocycles. The van der Waals surface area contributed by atoms with Gasteiger partial charge in [-0.15, -0.1) is 0 Å². The summed E-state index contributed by atoms with van der Waals surface area (Å²) in [5.74, 6) is 1.69. The second-order valence-electron chi connectivity index (χ2n) is 3.98. The van der Waals surface area contributed by atoms with Crippen molar-refractivity contribution < 1.29 is 0 Å². The minimum Gasteiger partial charge on any atom is -0.370 e. The predicted octanol–water partition coefficient (Wildman–Crippen LogP) is 2.14. The molecule has 17 heavy (non-hydrogen) atoms. The summed E-state index contributed by atoms with van der Waals surface area (Å²) in [6, 6.07) is 5.98. The van der Waals surface area contributed by atoms with E-state index in [1.807, 2.05) is 32.2 Å². The SMILES string of the molecule is Cc1cc(NCCc2cccnc2)nc(C)n1. The van der Waals surface area contributed by atoms with Crippen LogP contribution in [0.4, 0.5) is 5.82 Å². The van der Waals surface area contributed by atoms with Crippen LogP contribution in [0.2, 0.25) is 0 Å². The van der Waals surface area contributed by atoms with Crippen LogP contribution >= 0.6 is 0 Å². The van der Waals surface area contributed by atoms with Crippen molar-refractivity contribution >= 4 is 5.82 Å². The molecule has 0 amide bonds. The van der Waals surface area contributed by atoms with Crippen molar-refractivity contribution in [3.8, 4) is 0 Å². The topological polar surface area (TPSA) is 50.7 Å². The molecule has 4 nitrogen and oxygen atoms in total. The van der Waals surface area contributed by atoms with Crippen LogP contribution in [0, 0.1) is 13.8 Å². The Morgan fingerprint density at radius 1 is 1.24 bits per heavy atom. The van der Waals surface area contributed by atoms with Gasteiger partial charge < -0.3 is 5.32 Å². The molecular weight excluding hydrogens is 212 g/mol. The summed E-state index contributed by atoms with van der Waals surface area (Å²) < 4.78 is 0. The van der Waals surface area contributed by atoms with E-state index in [0.717, 1.165) is 30.3 Å². The number of rotatable bonds is 4. The van der Waals surface area contributed by atoms with Gasteiger partial charge in [-0.2, -0.15) is 0 Å². The summed E-state index contributed by atoms with van der Waals surface area (Å²) in [5, 5.41) is 3.30. The minimum absolute atomic E-state index is 0.800. The fourth-order valence-electron chi connectivity index (χ4n) is 1.69. The Morgan fingerprint density at radius 3 is 2.82 bits per heavy atom. The van der Waals surface area contributed by atoms with Gasteiger partial charge in [0.15, 0.2) is 0 Å². The molecule has 0 unspecified atom stereocenters. The molecule has 0 saturated heterocycles. The monoisotopic (exact) mass is 228 g/mol. The summed E-state index contributed by atoms with van der Waals surface area (Å²) in [7, 11) is 0.